The van der Waals surface area contributed by atoms with E-state index < -0.39 is 10.8 Å². The van der Waals surface area contributed by atoms with Crippen molar-refractivity contribution in [3.8, 4) is 6.07 Å². The highest BCUT2D eigenvalue weighted by Gasteiger charge is 2.35. The van der Waals surface area contributed by atoms with E-state index in [2.05, 4.69) is 11.4 Å². The third-order valence-electron chi connectivity index (χ3n) is 6.40. The first-order valence-electron chi connectivity index (χ1n) is 10.9. The summed E-state index contributed by atoms with van der Waals surface area (Å²) < 4.78 is 1.81. The maximum Gasteiger partial charge on any atom is 0.262 e. The van der Waals surface area contributed by atoms with E-state index in [4.69, 9.17) is 4.98 Å². The first-order valence-corrected chi connectivity index (χ1v) is 11.8. The number of nitriles is 1. The van der Waals surface area contributed by atoms with Gasteiger partial charge in [-0.1, -0.05) is 56.0 Å². The largest absolute Gasteiger partial charge is 0.337 e. The molecule has 2 aromatic rings. The minimum atomic E-state index is -0.758. The second kappa shape index (κ2) is 8.81. The molecule has 1 heterocycles. The van der Waals surface area contributed by atoms with Gasteiger partial charge in [-0.15, -0.1) is 0 Å². The number of hydrogen-bond donors (Lipinski definition) is 1. The maximum atomic E-state index is 13.3. The highest BCUT2D eigenvalue weighted by Crippen LogP contribution is 2.34. The molecule has 0 bridgehead atoms. The molecule has 1 amide bonds. The van der Waals surface area contributed by atoms with Gasteiger partial charge in [0.15, 0.2) is 5.16 Å². The number of hydrogen-bond acceptors (Lipinski definition) is 5. The van der Waals surface area contributed by atoms with Crippen LogP contribution in [0.5, 0.6) is 0 Å². The van der Waals surface area contributed by atoms with Crippen LogP contribution < -0.4 is 10.9 Å². The first-order chi connectivity index (χ1) is 14.5. The van der Waals surface area contributed by atoms with Gasteiger partial charge < -0.3 is 5.32 Å². The van der Waals surface area contributed by atoms with E-state index in [1.807, 2.05) is 35.8 Å². The van der Waals surface area contributed by atoms with Crippen LogP contribution in [0.3, 0.4) is 0 Å². The normalized spacial score (nSPS) is 20.0. The minimum Gasteiger partial charge on any atom is -0.337 e. The third-order valence-corrected chi connectivity index (χ3v) is 7.47. The molecule has 1 N–H and O–H groups in total. The zero-order chi connectivity index (χ0) is 21.1. The topological polar surface area (TPSA) is 87.8 Å². The van der Waals surface area contributed by atoms with Crippen LogP contribution in [0.25, 0.3) is 10.9 Å². The number of para-hydroxylation sites is 1. The second-order valence-corrected chi connectivity index (χ2v) is 9.84. The molecular weight excluding hydrogens is 396 g/mol. The molecule has 1 aromatic heterocycles. The van der Waals surface area contributed by atoms with Crippen LogP contribution in [0.15, 0.2) is 34.2 Å². The fourth-order valence-corrected chi connectivity index (χ4v) is 5.64. The quantitative estimate of drug-likeness (QED) is 0.570. The molecule has 6 nitrogen and oxygen atoms in total. The summed E-state index contributed by atoms with van der Waals surface area (Å²) in [5.41, 5.74) is -0.123. The SMILES string of the molecule is C[C@@H](Sc1nc2ccccc2c(=O)n1C1CCCC1)C(=O)NC1(C#N)CCCCC1. The summed E-state index contributed by atoms with van der Waals surface area (Å²) in [7, 11) is 0. The summed E-state index contributed by atoms with van der Waals surface area (Å²) in [4.78, 5) is 31.0. The number of rotatable bonds is 5. The molecule has 4 rings (SSSR count). The predicted octanol–water partition coefficient (Wildman–Crippen LogP) is 4.33. The average molecular weight is 425 g/mol. The molecule has 0 saturated heterocycles. The second-order valence-electron chi connectivity index (χ2n) is 8.53. The molecule has 7 heteroatoms. The molecule has 1 atom stereocenters. The van der Waals surface area contributed by atoms with E-state index in [1.165, 1.54) is 11.8 Å². The zero-order valence-electron chi connectivity index (χ0n) is 17.4. The van der Waals surface area contributed by atoms with Crippen LogP contribution in [-0.2, 0) is 4.79 Å². The molecular formula is C23H28N4O2S. The van der Waals surface area contributed by atoms with Crippen molar-refractivity contribution in [2.75, 3.05) is 0 Å². The van der Waals surface area contributed by atoms with Gasteiger partial charge in [-0.25, -0.2) is 4.98 Å². The number of nitrogens with zero attached hydrogens (tertiary/aromatic N) is 3. The number of aromatic nitrogens is 2. The number of amides is 1. The van der Waals surface area contributed by atoms with Crippen LogP contribution in [0.4, 0.5) is 0 Å². The Morgan fingerprint density at radius 3 is 2.63 bits per heavy atom. The molecule has 1 aromatic carbocycles. The van der Waals surface area contributed by atoms with E-state index in [1.54, 1.807) is 0 Å². The van der Waals surface area contributed by atoms with Crippen molar-refractivity contribution >= 4 is 28.6 Å². The van der Waals surface area contributed by atoms with E-state index >= 15 is 0 Å². The number of benzene rings is 1. The summed E-state index contributed by atoms with van der Waals surface area (Å²) >= 11 is 1.32. The van der Waals surface area contributed by atoms with Crippen LogP contribution >= 0.6 is 11.8 Å². The van der Waals surface area contributed by atoms with Gasteiger partial charge >= 0.3 is 0 Å². The van der Waals surface area contributed by atoms with E-state index in [-0.39, 0.29) is 17.5 Å². The zero-order valence-corrected chi connectivity index (χ0v) is 18.2. The predicted molar refractivity (Wildman–Crippen MR) is 118 cm³/mol. The molecule has 2 aliphatic rings. The Morgan fingerprint density at radius 2 is 1.93 bits per heavy atom. The standard InChI is InChI=1S/C23H28N4O2S/c1-16(20(28)26-23(15-24)13-7-2-8-14-23)30-22-25-19-12-6-5-11-18(19)21(29)27(22)17-9-3-4-10-17/h5-6,11-12,16-17H,2-4,7-10,13-14H2,1H3,(H,26,28)/t16-/m1/s1. The molecule has 2 fully saturated rings. The Morgan fingerprint density at radius 1 is 1.23 bits per heavy atom. The fraction of sp³-hybridized carbons (Fsp3) is 0.565. The van der Waals surface area contributed by atoms with Gasteiger partial charge in [0, 0.05) is 6.04 Å². The van der Waals surface area contributed by atoms with Gasteiger partial charge in [0.1, 0.15) is 5.54 Å². The molecule has 0 spiro atoms. The van der Waals surface area contributed by atoms with Crippen molar-refractivity contribution in [3.05, 3.63) is 34.6 Å². The number of thioether (sulfide) groups is 1. The highest BCUT2D eigenvalue weighted by atomic mass is 32.2. The van der Waals surface area contributed by atoms with Gasteiger partial charge in [0.25, 0.3) is 5.56 Å². The summed E-state index contributed by atoms with van der Waals surface area (Å²) in [5.74, 6) is -0.163. The molecule has 2 aliphatic carbocycles. The lowest BCUT2D eigenvalue weighted by Gasteiger charge is -2.32. The van der Waals surface area contributed by atoms with Crippen LogP contribution in [0.2, 0.25) is 0 Å². The van der Waals surface area contributed by atoms with Crippen LogP contribution in [-0.4, -0.2) is 26.2 Å². The van der Waals surface area contributed by atoms with Crippen LogP contribution in [0, 0.1) is 11.3 Å². The Labute approximate surface area is 181 Å². The lowest BCUT2D eigenvalue weighted by molar-refractivity contribution is -0.121. The van der Waals surface area contributed by atoms with Crippen molar-refractivity contribution in [3.63, 3.8) is 0 Å². The lowest BCUT2D eigenvalue weighted by atomic mass is 9.83. The first kappa shape index (κ1) is 20.9. The molecule has 0 unspecified atom stereocenters. The Balaban J connectivity index is 1.62. The molecule has 0 aliphatic heterocycles. The fourth-order valence-electron chi connectivity index (χ4n) is 4.66. The monoisotopic (exact) mass is 424 g/mol. The molecule has 0 radical (unpaired) electrons. The molecule has 2 saturated carbocycles. The van der Waals surface area contributed by atoms with E-state index in [0.717, 1.165) is 44.9 Å². The number of fused-ring (bicyclic) bond motifs is 1. The third kappa shape index (κ3) is 4.11. The molecule has 30 heavy (non-hydrogen) atoms. The smallest absolute Gasteiger partial charge is 0.262 e. The Hall–Kier alpha value is -2.33. The van der Waals surface area contributed by atoms with E-state index in [9.17, 15) is 14.9 Å². The highest BCUT2D eigenvalue weighted by molar-refractivity contribution is 8.00. The van der Waals surface area contributed by atoms with Gasteiger partial charge in [-0.05, 0) is 44.7 Å². The summed E-state index contributed by atoms with van der Waals surface area (Å²) in [6.45, 7) is 1.83. The van der Waals surface area contributed by atoms with Crippen molar-refractivity contribution in [2.45, 2.75) is 86.7 Å². The van der Waals surface area contributed by atoms with Crippen LogP contribution in [0.1, 0.15) is 70.8 Å². The Kier molecular flexibility index (Phi) is 6.14. The van der Waals surface area contributed by atoms with Gasteiger partial charge in [0.2, 0.25) is 5.91 Å². The summed E-state index contributed by atoms with van der Waals surface area (Å²) in [6, 6.07) is 9.88. The molecule has 158 valence electrons. The van der Waals surface area contributed by atoms with Gasteiger partial charge in [-0.2, -0.15) is 5.26 Å². The van der Waals surface area contributed by atoms with E-state index in [0.29, 0.717) is 28.9 Å². The van der Waals surface area contributed by atoms with Crippen molar-refractivity contribution in [1.82, 2.24) is 14.9 Å². The van der Waals surface area contributed by atoms with Gasteiger partial charge in [0.05, 0.1) is 22.2 Å². The van der Waals surface area contributed by atoms with Gasteiger partial charge in [-0.3, -0.25) is 14.2 Å². The number of nitrogens with one attached hydrogen (secondary N) is 1. The van der Waals surface area contributed by atoms with Crippen molar-refractivity contribution < 1.29 is 4.79 Å². The van der Waals surface area contributed by atoms with Crippen molar-refractivity contribution in [1.29, 1.82) is 5.26 Å². The maximum absolute atomic E-state index is 13.3. The lowest BCUT2D eigenvalue weighted by Crippen LogP contribution is -2.51. The number of carbonyl (C=O) groups excluding carboxylic acids is 1. The average Bonchev–Trinajstić information content (AvgIpc) is 3.29. The van der Waals surface area contributed by atoms with Crippen molar-refractivity contribution in [2.24, 2.45) is 0 Å². The summed E-state index contributed by atoms with van der Waals surface area (Å²) in [6.07, 6.45) is 8.58. The summed E-state index contributed by atoms with van der Waals surface area (Å²) in [5, 5.41) is 13.5. The number of carbonyl (C=O) groups is 1. The minimum absolute atomic E-state index is 0.0246. The Bertz CT molecular complexity index is 1030.